The summed E-state index contributed by atoms with van der Waals surface area (Å²) in [6.45, 7) is 1.95. The van der Waals surface area contributed by atoms with Crippen LogP contribution in [-0.2, 0) is 9.59 Å². The minimum absolute atomic E-state index is 0.0270. The van der Waals surface area contributed by atoms with Gasteiger partial charge in [0.1, 0.15) is 5.75 Å². The fourth-order valence-electron chi connectivity index (χ4n) is 2.72. The van der Waals surface area contributed by atoms with Crippen molar-refractivity contribution >= 4 is 23.5 Å². The van der Waals surface area contributed by atoms with Gasteiger partial charge in [-0.1, -0.05) is 42.8 Å². The van der Waals surface area contributed by atoms with Crippen molar-refractivity contribution in [1.29, 1.82) is 0 Å². The van der Waals surface area contributed by atoms with Gasteiger partial charge in [-0.25, -0.2) is 0 Å². The molecule has 0 heterocycles. The fourth-order valence-corrected chi connectivity index (χ4v) is 2.85. The molecule has 26 heavy (non-hydrogen) atoms. The summed E-state index contributed by atoms with van der Waals surface area (Å²) in [7, 11) is 1.60. The lowest BCUT2D eigenvalue weighted by Crippen LogP contribution is -2.30. The molecule has 1 unspecified atom stereocenters. The fraction of sp³-hybridized carbons (Fsp3) is 0.300. The lowest BCUT2D eigenvalue weighted by Gasteiger charge is -2.19. The Morgan fingerprint density at radius 3 is 2.42 bits per heavy atom. The van der Waals surface area contributed by atoms with E-state index in [4.69, 9.17) is 21.4 Å². The second-order valence-corrected chi connectivity index (χ2v) is 6.59. The molecule has 0 spiro atoms. The second-order valence-electron chi connectivity index (χ2n) is 6.15. The SMILES string of the molecule is COc1cccc(C(C)CC(=O)N[C@@H](CC(=O)O)c2ccc(Cl)cc2)c1. The Labute approximate surface area is 157 Å². The summed E-state index contributed by atoms with van der Waals surface area (Å²) >= 11 is 5.88. The quantitative estimate of drug-likeness (QED) is 0.725. The number of aliphatic carboxylic acids is 1. The largest absolute Gasteiger partial charge is 0.497 e. The van der Waals surface area contributed by atoms with Crippen molar-refractivity contribution in [3.63, 3.8) is 0 Å². The van der Waals surface area contributed by atoms with Crippen LogP contribution in [0.3, 0.4) is 0 Å². The number of benzene rings is 2. The van der Waals surface area contributed by atoms with Gasteiger partial charge in [-0.15, -0.1) is 0 Å². The van der Waals surface area contributed by atoms with Crippen molar-refractivity contribution in [2.24, 2.45) is 0 Å². The van der Waals surface area contributed by atoms with Crippen LogP contribution in [0.2, 0.25) is 5.02 Å². The molecule has 0 bridgehead atoms. The zero-order chi connectivity index (χ0) is 19.1. The number of carbonyl (C=O) groups is 2. The van der Waals surface area contributed by atoms with Crippen LogP contribution in [0.15, 0.2) is 48.5 Å². The lowest BCUT2D eigenvalue weighted by atomic mass is 9.96. The van der Waals surface area contributed by atoms with E-state index in [9.17, 15) is 9.59 Å². The van der Waals surface area contributed by atoms with Crippen molar-refractivity contribution < 1.29 is 19.4 Å². The summed E-state index contributed by atoms with van der Waals surface area (Å²) in [6.07, 6.45) is 0.0534. The van der Waals surface area contributed by atoms with E-state index in [0.29, 0.717) is 10.6 Å². The molecule has 0 radical (unpaired) electrons. The summed E-state index contributed by atoms with van der Waals surface area (Å²) in [6, 6.07) is 13.8. The first-order valence-electron chi connectivity index (χ1n) is 8.29. The van der Waals surface area contributed by atoms with Gasteiger partial charge < -0.3 is 15.2 Å². The molecule has 2 aromatic carbocycles. The molecule has 0 aliphatic carbocycles. The first kappa shape index (κ1) is 19.8. The average molecular weight is 376 g/mol. The van der Waals surface area contributed by atoms with Gasteiger partial charge in [-0.3, -0.25) is 9.59 Å². The Morgan fingerprint density at radius 1 is 1.12 bits per heavy atom. The summed E-state index contributed by atoms with van der Waals surface area (Å²) in [5, 5.41) is 12.5. The highest BCUT2D eigenvalue weighted by Crippen LogP contribution is 2.24. The van der Waals surface area contributed by atoms with E-state index in [1.165, 1.54) is 0 Å². The highest BCUT2D eigenvalue weighted by molar-refractivity contribution is 6.30. The van der Waals surface area contributed by atoms with Crippen molar-refractivity contribution in [1.82, 2.24) is 5.32 Å². The predicted molar refractivity (Wildman–Crippen MR) is 101 cm³/mol. The van der Waals surface area contributed by atoms with Crippen molar-refractivity contribution in [2.45, 2.75) is 31.7 Å². The number of hydrogen-bond acceptors (Lipinski definition) is 3. The maximum Gasteiger partial charge on any atom is 0.305 e. The van der Waals surface area contributed by atoms with E-state index in [-0.39, 0.29) is 24.7 Å². The molecule has 1 amide bonds. The van der Waals surface area contributed by atoms with E-state index in [0.717, 1.165) is 11.3 Å². The Morgan fingerprint density at radius 2 is 1.81 bits per heavy atom. The van der Waals surface area contributed by atoms with Crippen LogP contribution in [0, 0.1) is 0 Å². The lowest BCUT2D eigenvalue weighted by molar-refractivity contribution is -0.137. The third-order valence-corrected chi connectivity index (χ3v) is 4.39. The number of halogens is 1. The number of carboxylic acid groups (broad SMARTS) is 1. The van der Waals surface area contributed by atoms with Crippen molar-refractivity contribution in [3.05, 3.63) is 64.7 Å². The van der Waals surface area contributed by atoms with Crippen LogP contribution in [-0.4, -0.2) is 24.1 Å². The Bertz CT molecular complexity index is 761. The smallest absolute Gasteiger partial charge is 0.305 e. The van der Waals surface area contributed by atoms with E-state index in [1.54, 1.807) is 31.4 Å². The minimum Gasteiger partial charge on any atom is -0.497 e. The number of carbonyl (C=O) groups excluding carboxylic acids is 1. The summed E-state index contributed by atoms with van der Waals surface area (Å²) in [5.41, 5.74) is 1.69. The molecular formula is C20H22ClNO4. The van der Waals surface area contributed by atoms with E-state index < -0.39 is 12.0 Å². The highest BCUT2D eigenvalue weighted by atomic mass is 35.5. The van der Waals surface area contributed by atoms with Crippen LogP contribution >= 0.6 is 11.6 Å². The molecule has 6 heteroatoms. The minimum atomic E-state index is -0.980. The summed E-state index contributed by atoms with van der Waals surface area (Å²) in [5.74, 6) is -0.479. The van der Waals surface area contributed by atoms with Gasteiger partial charge in [-0.05, 0) is 41.3 Å². The van der Waals surface area contributed by atoms with Crippen LogP contribution in [0.1, 0.15) is 42.9 Å². The molecule has 5 nitrogen and oxygen atoms in total. The normalized spacial score (nSPS) is 12.9. The second kappa shape index (κ2) is 9.25. The Hall–Kier alpha value is -2.53. The molecule has 2 aromatic rings. The number of methoxy groups -OCH3 is 1. The molecule has 0 aliphatic heterocycles. The third kappa shape index (κ3) is 5.77. The summed E-state index contributed by atoms with van der Waals surface area (Å²) in [4.78, 5) is 23.6. The molecular weight excluding hydrogens is 354 g/mol. The molecule has 0 fully saturated rings. The first-order chi connectivity index (χ1) is 12.4. The zero-order valence-electron chi connectivity index (χ0n) is 14.7. The standard InChI is InChI=1S/C20H22ClNO4/c1-13(15-4-3-5-17(11-15)26-2)10-19(23)22-18(12-20(24)25)14-6-8-16(21)9-7-14/h3-9,11,13,18H,10,12H2,1-2H3,(H,22,23)(H,24,25)/t13?,18-/m0/s1. The molecule has 2 N–H and O–H groups in total. The first-order valence-corrected chi connectivity index (χ1v) is 8.67. The van der Waals surface area contributed by atoms with Crippen LogP contribution in [0.25, 0.3) is 0 Å². The molecule has 138 valence electrons. The van der Waals surface area contributed by atoms with Crippen LogP contribution in [0.4, 0.5) is 0 Å². The van der Waals surface area contributed by atoms with Gasteiger partial charge in [0.2, 0.25) is 5.91 Å². The number of hydrogen-bond donors (Lipinski definition) is 2. The Kier molecular flexibility index (Phi) is 7.04. The molecule has 0 aliphatic rings. The van der Waals surface area contributed by atoms with Crippen molar-refractivity contribution in [2.75, 3.05) is 7.11 Å². The number of amides is 1. The monoisotopic (exact) mass is 375 g/mol. The molecule has 0 saturated heterocycles. The van der Waals surface area contributed by atoms with Gasteiger partial charge in [-0.2, -0.15) is 0 Å². The van der Waals surface area contributed by atoms with E-state index >= 15 is 0 Å². The molecule has 0 saturated carbocycles. The molecule has 2 atom stereocenters. The molecule has 0 aromatic heterocycles. The van der Waals surface area contributed by atoms with Crippen LogP contribution in [0.5, 0.6) is 5.75 Å². The van der Waals surface area contributed by atoms with E-state index in [2.05, 4.69) is 5.32 Å². The number of nitrogens with one attached hydrogen (secondary N) is 1. The number of rotatable bonds is 8. The van der Waals surface area contributed by atoms with Gasteiger partial charge in [0, 0.05) is 11.4 Å². The summed E-state index contributed by atoms with van der Waals surface area (Å²) < 4.78 is 5.21. The van der Waals surface area contributed by atoms with E-state index in [1.807, 2.05) is 31.2 Å². The maximum absolute atomic E-state index is 12.5. The number of ether oxygens (including phenoxy) is 1. The third-order valence-electron chi connectivity index (χ3n) is 4.14. The number of carboxylic acids is 1. The van der Waals surface area contributed by atoms with Gasteiger partial charge in [0.05, 0.1) is 19.6 Å². The Balaban J connectivity index is 2.06. The maximum atomic E-state index is 12.5. The molecule has 2 rings (SSSR count). The zero-order valence-corrected chi connectivity index (χ0v) is 15.5. The predicted octanol–water partition coefficient (Wildman–Crippen LogP) is 4.17. The topological polar surface area (TPSA) is 75.6 Å². The van der Waals surface area contributed by atoms with Gasteiger partial charge in [0.25, 0.3) is 0 Å². The van der Waals surface area contributed by atoms with Gasteiger partial charge in [0.15, 0.2) is 0 Å². The van der Waals surface area contributed by atoms with Gasteiger partial charge >= 0.3 is 5.97 Å². The van der Waals surface area contributed by atoms with Crippen molar-refractivity contribution in [3.8, 4) is 5.75 Å². The highest BCUT2D eigenvalue weighted by Gasteiger charge is 2.20. The average Bonchev–Trinajstić information content (AvgIpc) is 2.61. The van der Waals surface area contributed by atoms with Crippen LogP contribution < -0.4 is 10.1 Å².